The Kier molecular flexibility index (Phi) is 6.71. The first kappa shape index (κ1) is 22.2. The summed E-state index contributed by atoms with van der Waals surface area (Å²) in [5.74, 6) is -1.63. The predicted molar refractivity (Wildman–Crippen MR) is 92.6 cm³/mol. The van der Waals surface area contributed by atoms with Gasteiger partial charge in [0.1, 0.15) is 0 Å². The Morgan fingerprint density at radius 2 is 1.75 bits per heavy atom. The lowest BCUT2D eigenvalue weighted by Gasteiger charge is -2.30. The molecule has 1 aromatic rings. The van der Waals surface area contributed by atoms with Crippen LogP contribution in [-0.4, -0.2) is 63.3 Å². The Bertz CT molecular complexity index is 831. The first-order valence-electron chi connectivity index (χ1n) is 8.47. The normalized spacial score (nSPS) is 16.6. The molecule has 1 amide bonds. The van der Waals surface area contributed by atoms with Gasteiger partial charge in [0.2, 0.25) is 10.0 Å². The van der Waals surface area contributed by atoms with Crippen molar-refractivity contribution in [3.8, 4) is 0 Å². The number of hydrogen-bond donors (Lipinski definition) is 0. The number of nitrogens with zero attached hydrogens (tertiary/aromatic N) is 2. The number of alkyl halides is 3. The second-order valence-electron chi connectivity index (χ2n) is 6.57. The van der Waals surface area contributed by atoms with E-state index in [1.54, 1.807) is 0 Å². The zero-order chi connectivity index (χ0) is 21.1. The Labute approximate surface area is 161 Å². The van der Waals surface area contributed by atoms with Crippen LogP contribution in [0.4, 0.5) is 13.2 Å². The van der Waals surface area contributed by atoms with Crippen LogP contribution in [-0.2, 0) is 30.5 Å². The Morgan fingerprint density at radius 3 is 2.29 bits per heavy atom. The summed E-state index contributed by atoms with van der Waals surface area (Å²) in [7, 11) is -1.34. The molecule has 1 aliphatic rings. The maximum Gasteiger partial charge on any atom is 0.417 e. The van der Waals surface area contributed by atoms with Crippen LogP contribution in [0, 0.1) is 5.92 Å². The fraction of sp³-hybridized carbons (Fsp3) is 0.529. The molecule has 1 aromatic carbocycles. The molecule has 1 fully saturated rings. The molecule has 1 heterocycles. The zero-order valence-electron chi connectivity index (χ0n) is 15.4. The lowest BCUT2D eigenvalue weighted by atomic mass is 9.98. The van der Waals surface area contributed by atoms with E-state index in [4.69, 9.17) is 4.74 Å². The largest absolute Gasteiger partial charge is 0.455 e. The van der Waals surface area contributed by atoms with Gasteiger partial charge in [-0.25, -0.2) is 8.42 Å². The van der Waals surface area contributed by atoms with Crippen molar-refractivity contribution < 1.29 is 35.9 Å². The molecule has 1 aliphatic heterocycles. The van der Waals surface area contributed by atoms with Crippen molar-refractivity contribution in [1.82, 2.24) is 9.21 Å². The number of carbonyl (C=O) groups excluding carboxylic acids is 2. The van der Waals surface area contributed by atoms with Crippen molar-refractivity contribution in [3.63, 3.8) is 0 Å². The number of carbonyl (C=O) groups is 2. The van der Waals surface area contributed by atoms with Crippen LogP contribution in [0.1, 0.15) is 18.4 Å². The predicted octanol–water partition coefficient (Wildman–Crippen LogP) is 1.74. The van der Waals surface area contributed by atoms with E-state index in [-0.39, 0.29) is 25.9 Å². The zero-order valence-corrected chi connectivity index (χ0v) is 16.2. The minimum absolute atomic E-state index is 0.0996. The summed E-state index contributed by atoms with van der Waals surface area (Å²) >= 11 is 0. The van der Waals surface area contributed by atoms with Crippen LogP contribution < -0.4 is 0 Å². The van der Waals surface area contributed by atoms with Crippen LogP contribution in [0.5, 0.6) is 0 Å². The van der Waals surface area contributed by atoms with Crippen LogP contribution in [0.2, 0.25) is 0 Å². The van der Waals surface area contributed by atoms with E-state index in [2.05, 4.69) is 0 Å². The van der Waals surface area contributed by atoms with Crippen molar-refractivity contribution in [2.75, 3.05) is 33.8 Å². The highest BCUT2D eigenvalue weighted by atomic mass is 32.2. The fourth-order valence-electron chi connectivity index (χ4n) is 2.78. The van der Waals surface area contributed by atoms with Gasteiger partial charge in [-0.2, -0.15) is 17.5 Å². The number of likely N-dealkylation sites (N-methyl/N-ethyl adjacent to an activating group) is 1. The monoisotopic (exact) mass is 422 g/mol. The summed E-state index contributed by atoms with van der Waals surface area (Å²) < 4.78 is 70.7. The SMILES string of the molecule is CN(C)C(=O)COC(=O)C1CCN(S(=O)(=O)c2ccccc2C(F)(F)F)CC1. The number of sulfonamides is 1. The third-order valence-electron chi connectivity index (χ3n) is 4.43. The first-order valence-corrected chi connectivity index (χ1v) is 9.91. The van der Waals surface area contributed by atoms with Crippen molar-refractivity contribution in [1.29, 1.82) is 0 Å². The lowest BCUT2D eigenvalue weighted by molar-refractivity contribution is -0.155. The number of amides is 1. The van der Waals surface area contributed by atoms with Crippen LogP contribution in [0.3, 0.4) is 0 Å². The number of hydrogen-bond acceptors (Lipinski definition) is 5. The average molecular weight is 422 g/mol. The molecule has 0 saturated carbocycles. The van der Waals surface area contributed by atoms with E-state index in [1.807, 2.05) is 0 Å². The van der Waals surface area contributed by atoms with Crippen LogP contribution in [0.15, 0.2) is 29.2 Å². The highest BCUT2D eigenvalue weighted by Crippen LogP contribution is 2.36. The Morgan fingerprint density at radius 1 is 1.18 bits per heavy atom. The molecular formula is C17H21F3N2O5S. The third kappa shape index (κ3) is 5.02. The van der Waals surface area contributed by atoms with E-state index in [1.165, 1.54) is 25.1 Å². The standard InChI is InChI=1S/C17H21F3N2O5S/c1-21(2)15(23)11-27-16(24)12-7-9-22(10-8-12)28(25,26)14-6-4-3-5-13(14)17(18,19)20/h3-6,12H,7-11H2,1-2H3. The van der Waals surface area contributed by atoms with Gasteiger partial charge < -0.3 is 9.64 Å². The summed E-state index contributed by atoms with van der Waals surface area (Å²) in [6.07, 6.45) is -4.60. The van der Waals surface area contributed by atoms with Gasteiger partial charge in [0, 0.05) is 27.2 Å². The molecule has 0 bridgehead atoms. The number of ether oxygens (including phenoxy) is 1. The number of halogens is 3. The Hall–Kier alpha value is -2.14. The van der Waals surface area contributed by atoms with E-state index < -0.39 is 51.1 Å². The van der Waals surface area contributed by atoms with E-state index >= 15 is 0 Å². The van der Waals surface area contributed by atoms with E-state index in [9.17, 15) is 31.2 Å². The second kappa shape index (κ2) is 8.48. The number of rotatable bonds is 5. The van der Waals surface area contributed by atoms with Crippen molar-refractivity contribution in [2.24, 2.45) is 5.92 Å². The summed E-state index contributed by atoms with van der Waals surface area (Å²) in [4.78, 5) is 23.9. The van der Waals surface area contributed by atoms with Gasteiger partial charge >= 0.3 is 12.1 Å². The lowest BCUT2D eigenvalue weighted by Crippen LogP contribution is -2.41. The minimum Gasteiger partial charge on any atom is -0.455 e. The van der Waals surface area contributed by atoms with Crippen LogP contribution >= 0.6 is 0 Å². The molecule has 0 N–H and O–H groups in total. The molecule has 0 aliphatic carbocycles. The molecule has 0 atom stereocenters. The molecule has 156 valence electrons. The molecule has 7 nitrogen and oxygen atoms in total. The molecule has 0 unspecified atom stereocenters. The molecule has 1 saturated heterocycles. The molecule has 11 heteroatoms. The summed E-state index contributed by atoms with van der Waals surface area (Å²) in [5.41, 5.74) is -1.22. The smallest absolute Gasteiger partial charge is 0.417 e. The van der Waals surface area contributed by atoms with Crippen molar-refractivity contribution in [2.45, 2.75) is 23.9 Å². The molecule has 0 aromatic heterocycles. The first-order chi connectivity index (χ1) is 12.9. The molecule has 0 spiro atoms. The van der Waals surface area contributed by atoms with E-state index in [0.29, 0.717) is 0 Å². The van der Waals surface area contributed by atoms with Crippen molar-refractivity contribution >= 4 is 21.9 Å². The van der Waals surface area contributed by atoms with Crippen molar-refractivity contribution in [3.05, 3.63) is 29.8 Å². The topological polar surface area (TPSA) is 84.0 Å². The summed E-state index contributed by atoms with van der Waals surface area (Å²) in [6.45, 7) is -0.644. The fourth-order valence-corrected chi connectivity index (χ4v) is 4.46. The number of benzene rings is 1. The van der Waals surface area contributed by atoms with Crippen LogP contribution in [0.25, 0.3) is 0 Å². The molecule has 0 radical (unpaired) electrons. The summed E-state index contributed by atoms with van der Waals surface area (Å²) in [6, 6.07) is 4.00. The number of esters is 1. The Balaban J connectivity index is 2.05. The van der Waals surface area contributed by atoms with Gasteiger partial charge in [0.05, 0.1) is 16.4 Å². The maximum absolute atomic E-state index is 13.1. The maximum atomic E-state index is 13.1. The van der Waals surface area contributed by atoms with Gasteiger partial charge in [0.25, 0.3) is 5.91 Å². The van der Waals surface area contributed by atoms with Gasteiger partial charge in [0.15, 0.2) is 6.61 Å². The highest BCUT2D eigenvalue weighted by Gasteiger charge is 2.40. The minimum atomic E-state index is -4.80. The van der Waals surface area contributed by atoms with Gasteiger partial charge in [-0.3, -0.25) is 9.59 Å². The van der Waals surface area contributed by atoms with Gasteiger partial charge in [-0.1, -0.05) is 12.1 Å². The second-order valence-corrected chi connectivity index (χ2v) is 8.47. The quantitative estimate of drug-likeness (QED) is 0.675. The number of piperidine rings is 1. The third-order valence-corrected chi connectivity index (χ3v) is 6.39. The van der Waals surface area contributed by atoms with Gasteiger partial charge in [-0.15, -0.1) is 0 Å². The molecule has 2 rings (SSSR count). The molecule has 28 heavy (non-hydrogen) atoms. The average Bonchev–Trinajstić information content (AvgIpc) is 2.65. The van der Waals surface area contributed by atoms with Gasteiger partial charge in [-0.05, 0) is 25.0 Å². The highest BCUT2D eigenvalue weighted by molar-refractivity contribution is 7.89. The summed E-state index contributed by atoms with van der Waals surface area (Å²) in [5, 5.41) is 0. The molecular weight excluding hydrogens is 401 g/mol. The van der Waals surface area contributed by atoms with E-state index in [0.717, 1.165) is 22.5 Å².